The number of rotatable bonds is 8. The van der Waals surface area contributed by atoms with Crippen molar-refractivity contribution in [2.75, 3.05) is 40.4 Å². The van der Waals surface area contributed by atoms with Crippen molar-refractivity contribution in [2.24, 2.45) is 0 Å². The maximum absolute atomic E-state index is 5.01. The molecule has 0 bridgehead atoms. The van der Waals surface area contributed by atoms with E-state index in [1.165, 1.54) is 5.56 Å². The van der Waals surface area contributed by atoms with E-state index in [1.54, 1.807) is 7.11 Å². The molecule has 1 rings (SSSR count). The third kappa shape index (κ3) is 5.57. The lowest BCUT2D eigenvalue weighted by Gasteiger charge is -2.15. The van der Waals surface area contributed by atoms with Crippen LogP contribution in [-0.4, -0.2) is 50.3 Å². The van der Waals surface area contributed by atoms with Gasteiger partial charge in [-0.15, -0.1) is 0 Å². The van der Waals surface area contributed by atoms with E-state index in [4.69, 9.17) is 4.74 Å². The van der Waals surface area contributed by atoms with Gasteiger partial charge in [0, 0.05) is 45.7 Å². The van der Waals surface area contributed by atoms with Gasteiger partial charge in [-0.25, -0.2) is 0 Å². The molecule has 15 heavy (non-hydrogen) atoms. The van der Waals surface area contributed by atoms with Gasteiger partial charge in [0.05, 0.1) is 6.61 Å². The zero-order valence-electron chi connectivity index (χ0n) is 9.62. The molecule has 1 heterocycles. The SMILES string of the molecule is COCCN(C)CCNCc1cc[nH]c1. The van der Waals surface area contributed by atoms with Crippen LogP contribution in [0, 0.1) is 0 Å². The Morgan fingerprint density at radius 3 is 3.00 bits per heavy atom. The molecule has 0 unspecified atom stereocenters. The molecule has 0 atom stereocenters. The minimum absolute atomic E-state index is 0.800. The summed E-state index contributed by atoms with van der Waals surface area (Å²) in [5.41, 5.74) is 1.30. The molecule has 0 radical (unpaired) electrons. The number of methoxy groups -OCH3 is 1. The molecule has 0 fully saturated rings. The number of aromatic nitrogens is 1. The molecule has 2 N–H and O–H groups in total. The van der Waals surface area contributed by atoms with Crippen LogP contribution in [0.1, 0.15) is 5.56 Å². The lowest BCUT2D eigenvalue weighted by atomic mass is 10.3. The predicted molar refractivity (Wildman–Crippen MR) is 61.9 cm³/mol. The summed E-state index contributed by atoms with van der Waals surface area (Å²) in [6.45, 7) is 4.78. The van der Waals surface area contributed by atoms with Gasteiger partial charge in [-0.2, -0.15) is 0 Å². The number of ether oxygens (including phenoxy) is 1. The quantitative estimate of drug-likeness (QED) is 0.621. The molecule has 0 spiro atoms. The highest BCUT2D eigenvalue weighted by Crippen LogP contribution is 1.94. The van der Waals surface area contributed by atoms with Gasteiger partial charge in [0.25, 0.3) is 0 Å². The fraction of sp³-hybridized carbons (Fsp3) is 0.636. The standard InChI is InChI=1S/C11H21N3O/c1-14(7-8-15-2)6-5-13-10-11-3-4-12-9-11/h3-4,9,12-13H,5-8,10H2,1-2H3. The molecule has 0 amide bonds. The van der Waals surface area contributed by atoms with E-state index in [9.17, 15) is 0 Å². The zero-order chi connectivity index (χ0) is 10.9. The predicted octanol–water partition coefficient (Wildman–Crippen LogP) is 0.683. The molecular formula is C11H21N3O. The molecular weight excluding hydrogens is 190 g/mol. The summed E-state index contributed by atoms with van der Waals surface area (Å²) in [6, 6.07) is 2.08. The highest BCUT2D eigenvalue weighted by Gasteiger charge is 1.97. The van der Waals surface area contributed by atoms with E-state index < -0.39 is 0 Å². The summed E-state index contributed by atoms with van der Waals surface area (Å²) in [5.74, 6) is 0. The number of hydrogen-bond donors (Lipinski definition) is 2. The summed E-state index contributed by atoms with van der Waals surface area (Å²) < 4.78 is 5.01. The number of nitrogens with zero attached hydrogens (tertiary/aromatic N) is 1. The number of aromatic amines is 1. The average molecular weight is 211 g/mol. The topological polar surface area (TPSA) is 40.3 Å². The van der Waals surface area contributed by atoms with E-state index in [0.29, 0.717) is 0 Å². The molecule has 0 saturated carbocycles. The maximum atomic E-state index is 5.01. The van der Waals surface area contributed by atoms with Gasteiger partial charge >= 0.3 is 0 Å². The molecule has 4 nitrogen and oxygen atoms in total. The largest absolute Gasteiger partial charge is 0.383 e. The van der Waals surface area contributed by atoms with E-state index in [2.05, 4.69) is 28.3 Å². The Morgan fingerprint density at radius 1 is 1.47 bits per heavy atom. The Labute approximate surface area is 91.6 Å². The number of H-pyrrole nitrogens is 1. The first-order valence-corrected chi connectivity index (χ1v) is 5.33. The van der Waals surface area contributed by atoms with Gasteiger partial charge in [0.15, 0.2) is 0 Å². The smallest absolute Gasteiger partial charge is 0.0589 e. The second kappa shape index (κ2) is 7.45. The van der Waals surface area contributed by atoms with Crippen LogP contribution in [-0.2, 0) is 11.3 Å². The Morgan fingerprint density at radius 2 is 2.33 bits per heavy atom. The van der Waals surface area contributed by atoms with Crippen molar-refractivity contribution in [2.45, 2.75) is 6.54 Å². The average Bonchev–Trinajstić information content (AvgIpc) is 2.74. The monoisotopic (exact) mass is 211 g/mol. The number of nitrogens with one attached hydrogen (secondary N) is 2. The third-order valence-corrected chi connectivity index (χ3v) is 2.34. The van der Waals surface area contributed by atoms with Crippen molar-refractivity contribution in [3.63, 3.8) is 0 Å². The molecule has 1 aromatic heterocycles. The molecule has 86 valence electrons. The van der Waals surface area contributed by atoms with Crippen molar-refractivity contribution in [1.82, 2.24) is 15.2 Å². The third-order valence-electron chi connectivity index (χ3n) is 2.34. The Balaban J connectivity index is 1.97. The van der Waals surface area contributed by atoms with Crippen molar-refractivity contribution in [3.05, 3.63) is 24.0 Å². The molecule has 0 aliphatic rings. The summed E-state index contributed by atoms with van der Waals surface area (Å²) in [4.78, 5) is 5.30. The first-order chi connectivity index (χ1) is 7.33. The minimum atomic E-state index is 0.800. The van der Waals surface area contributed by atoms with Crippen molar-refractivity contribution in [3.8, 4) is 0 Å². The van der Waals surface area contributed by atoms with Gasteiger partial charge in [-0.3, -0.25) is 0 Å². The summed E-state index contributed by atoms with van der Waals surface area (Å²) in [7, 11) is 3.84. The first-order valence-electron chi connectivity index (χ1n) is 5.33. The van der Waals surface area contributed by atoms with Crippen molar-refractivity contribution >= 4 is 0 Å². The lowest BCUT2D eigenvalue weighted by Crippen LogP contribution is -2.31. The second-order valence-corrected chi connectivity index (χ2v) is 3.69. The lowest BCUT2D eigenvalue weighted by molar-refractivity contribution is 0.161. The van der Waals surface area contributed by atoms with Crippen LogP contribution in [0.25, 0.3) is 0 Å². The van der Waals surface area contributed by atoms with Crippen LogP contribution in [0.15, 0.2) is 18.5 Å². The van der Waals surface area contributed by atoms with Gasteiger partial charge < -0.3 is 19.9 Å². The van der Waals surface area contributed by atoms with Crippen LogP contribution in [0.4, 0.5) is 0 Å². The normalized spacial score (nSPS) is 11.1. The Bertz CT molecular complexity index is 236. The summed E-state index contributed by atoms with van der Waals surface area (Å²) in [5, 5.41) is 3.39. The maximum Gasteiger partial charge on any atom is 0.0589 e. The molecule has 1 aromatic rings. The second-order valence-electron chi connectivity index (χ2n) is 3.69. The Kier molecular flexibility index (Phi) is 6.08. The van der Waals surface area contributed by atoms with E-state index in [1.807, 2.05) is 12.4 Å². The number of hydrogen-bond acceptors (Lipinski definition) is 3. The first kappa shape index (κ1) is 12.2. The molecule has 0 aromatic carbocycles. The van der Waals surface area contributed by atoms with E-state index >= 15 is 0 Å². The zero-order valence-corrected chi connectivity index (χ0v) is 9.62. The summed E-state index contributed by atoms with van der Waals surface area (Å²) in [6.07, 6.45) is 3.96. The van der Waals surface area contributed by atoms with Crippen molar-refractivity contribution < 1.29 is 4.74 Å². The Hall–Kier alpha value is -0.840. The highest BCUT2D eigenvalue weighted by molar-refractivity contribution is 5.07. The van der Waals surface area contributed by atoms with Crippen LogP contribution in [0.3, 0.4) is 0 Å². The van der Waals surface area contributed by atoms with E-state index in [-0.39, 0.29) is 0 Å². The van der Waals surface area contributed by atoms with Gasteiger partial charge in [-0.1, -0.05) is 0 Å². The van der Waals surface area contributed by atoms with Crippen LogP contribution in [0.5, 0.6) is 0 Å². The van der Waals surface area contributed by atoms with Gasteiger partial charge in [-0.05, 0) is 18.7 Å². The number of likely N-dealkylation sites (N-methyl/N-ethyl adjacent to an activating group) is 1. The van der Waals surface area contributed by atoms with Gasteiger partial charge in [0.1, 0.15) is 0 Å². The molecule has 0 aliphatic carbocycles. The van der Waals surface area contributed by atoms with Gasteiger partial charge in [0.2, 0.25) is 0 Å². The highest BCUT2D eigenvalue weighted by atomic mass is 16.5. The van der Waals surface area contributed by atoms with E-state index in [0.717, 1.165) is 32.8 Å². The van der Waals surface area contributed by atoms with Crippen LogP contribution in [0.2, 0.25) is 0 Å². The van der Waals surface area contributed by atoms with Crippen LogP contribution >= 0.6 is 0 Å². The fourth-order valence-electron chi connectivity index (χ4n) is 1.33. The molecule has 0 aliphatic heterocycles. The summed E-state index contributed by atoms with van der Waals surface area (Å²) >= 11 is 0. The van der Waals surface area contributed by atoms with Crippen molar-refractivity contribution in [1.29, 1.82) is 0 Å². The molecule has 0 saturated heterocycles. The fourth-order valence-corrected chi connectivity index (χ4v) is 1.33. The van der Waals surface area contributed by atoms with Crippen LogP contribution < -0.4 is 5.32 Å². The molecule has 4 heteroatoms. The minimum Gasteiger partial charge on any atom is -0.383 e.